The van der Waals surface area contributed by atoms with Crippen molar-refractivity contribution < 1.29 is 4.79 Å². The molecule has 1 N–H and O–H groups in total. The Kier molecular flexibility index (Phi) is 3.99. The van der Waals surface area contributed by atoms with Gasteiger partial charge in [-0.05, 0) is 18.6 Å². The summed E-state index contributed by atoms with van der Waals surface area (Å²) in [5, 5.41) is 11.9. The van der Waals surface area contributed by atoms with E-state index in [1.165, 1.54) is 11.3 Å². The minimum absolute atomic E-state index is 0.0211. The van der Waals surface area contributed by atoms with Crippen molar-refractivity contribution in [1.82, 2.24) is 15.2 Å². The van der Waals surface area contributed by atoms with Gasteiger partial charge in [-0.1, -0.05) is 31.3 Å². The number of aromatic nitrogens is 3. The average molecular weight is 262 g/mol. The van der Waals surface area contributed by atoms with E-state index in [0.717, 1.165) is 12.1 Å². The molecule has 0 aliphatic carbocycles. The molecule has 0 bridgehead atoms. The maximum atomic E-state index is 11.7. The van der Waals surface area contributed by atoms with Gasteiger partial charge in [0.25, 0.3) is 0 Å². The first kappa shape index (κ1) is 12.6. The molecule has 2 heterocycles. The normalized spacial score (nSPS) is 12.1. The van der Waals surface area contributed by atoms with Crippen molar-refractivity contribution >= 4 is 22.4 Å². The number of carbonyl (C=O) groups excluding carboxylic acids is 1. The van der Waals surface area contributed by atoms with Crippen LogP contribution in [0, 0.1) is 5.92 Å². The molecule has 2 rings (SSSR count). The minimum atomic E-state index is -0.0266. The van der Waals surface area contributed by atoms with E-state index in [0.29, 0.717) is 10.1 Å². The van der Waals surface area contributed by atoms with Crippen molar-refractivity contribution in [3.8, 4) is 10.7 Å². The lowest BCUT2D eigenvalue weighted by Gasteiger charge is -2.05. The van der Waals surface area contributed by atoms with E-state index in [9.17, 15) is 4.79 Å². The van der Waals surface area contributed by atoms with E-state index in [-0.39, 0.29) is 11.8 Å². The number of carbonyl (C=O) groups is 1. The van der Waals surface area contributed by atoms with Crippen LogP contribution in [0.3, 0.4) is 0 Å². The number of nitrogens with one attached hydrogen (secondary N) is 1. The number of anilines is 1. The van der Waals surface area contributed by atoms with E-state index in [1.54, 1.807) is 6.20 Å². The Balaban J connectivity index is 2.10. The zero-order valence-corrected chi connectivity index (χ0v) is 11.1. The maximum Gasteiger partial charge on any atom is 0.229 e. The summed E-state index contributed by atoms with van der Waals surface area (Å²) in [6.07, 6.45) is 2.51. The van der Waals surface area contributed by atoms with Crippen LogP contribution in [0.5, 0.6) is 0 Å². The summed E-state index contributed by atoms with van der Waals surface area (Å²) in [5.41, 5.74) is 0.763. The third kappa shape index (κ3) is 2.89. The fraction of sp³-hybridized carbons (Fsp3) is 0.333. The number of pyridine rings is 1. The van der Waals surface area contributed by atoms with Crippen LogP contribution in [0.15, 0.2) is 24.4 Å². The fourth-order valence-electron chi connectivity index (χ4n) is 1.28. The third-order valence-electron chi connectivity index (χ3n) is 2.60. The lowest BCUT2D eigenvalue weighted by atomic mass is 10.1. The monoisotopic (exact) mass is 262 g/mol. The molecule has 2 aromatic rings. The SMILES string of the molecule is CCC(C)C(=O)Nc1nnc(-c2ccccn2)s1. The molecule has 0 saturated heterocycles. The summed E-state index contributed by atoms with van der Waals surface area (Å²) in [4.78, 5) is 15.9. The number of nitrogens with zero attached hydrogens (tertiary/aromatic N) is 3. The fourth-order valence-corrected chi connectivity index (χ4v) is 2.00. The van der Waals surface area contributed by atoms with E-state index in [1.807, 2.05) is 32.0 Å². The molecular formula is C12H14N4OS. The topological polar surface area (TPSA) is 67.8 Å². The first-order chi connectivity index (χ1) is 8.70. The van der Waals surface area contributed by atoms with Crippen LogP contribution in [0.2, 0.25) is 0 Å². The summed E-state index contributed by atoms with van der Waals surface area (Å²) < 4.78 is 0. The molecule has 0 saturated carbocycles. The summed E-state index contributed by atoms with van der Waals surface area (Å²) in [5.74, 6) is -0.0478. The lowest BCUT2D eigenvalue weighted by Crippen LogP contribution is -2.19. The van der Waals surface area contributed by atoms with Crippen molar-refractivity contribution in [3.05, 3.63) is 24.4 Å². The Morgan fingerprint density at radius 3 is 2.94 bits per heavy atom. The first-order valence-corrected chi connectivity index (χ1v) is 6.58. The molecule has 0 spiro atoms. The molecule has 18 heavy (non-hydrogen) atoms. The van der Waals surface area contributed by atoms with E-state index in [4.69, 9.17) is 0 Å². The van der Waals surface area contributed by atoms with Gasteiger partial charge in [0.2, 0.25) is 11.0 Å². The lowest BCUT2D eigenvalue weighted by molar-refractivity contribution is -0.119. The van der Waals surface area contributed by atoms with E-state index < -0.39 is 0 Å². The molecule has 1 atom stereocenters. The minimum Gasteiger partial charge on any atom is -0.300 e. The van der Waals surface area contributed by atoms with Gasteiger partial charge in [0, 0.05) is 12.1 Å². The summed E-state index contributed by atoms with van der Waals surface area (Å²) in [6, 6.07) is 5.60. The van der Waals surface area contributed by atoms with Crippen molar-refractivity contribution in [2.75, 3.05) is 5.32 Å². The van der Waals surface area contributed by atoms with Crippen molar-refractivity contribution in [2.45, 2.75) is 20.3 Å². The van der Waals surface area contributed by atoms with Gasteiger partial charge in [0.15, 0.2) is 5.01 Å². The quantitative estimate of drug-likeness (QED) is 0.919. The van der Waals surface area contributed by atoms with Crippen molar-refractivity contribution in [1.29, 1.82) is 0 Å². The maximum absolute atomic E-state index is 11.7. The highest BCUT2D eigenvalue weighted by Gasteiger charge is 2.14. The highest BCUT2D eigenvalue weighted by atomic mass is 32.1. The third-order valence-corrected chi connectivity index (χ3v) is 3.46. The average Bonchev–Trinajstić information content (AvgIpc) is 2.87. The van der Waals surface area contributed by atoms with Crippen LogP contribution in [0.4, 0.5) is 5.13 Å². The zero-order valence-electron chi connectivity index (χ0n) is 10.3. The molecule has 1 amide bonds. The second kappa shape index (κ2) is 5.68. The van der Waals surface area contributed by atoms with Crippen molar-refractivity contribution in [2.24, 2.45) is 5.92 Å². The Morgan fingerprint density at radius 1 is 1.44 bits per heavy atom. The van der Waals surface area contributed by atoms with Gasteiger partial charge in [-0.15, -0.1) is 10.2 Å². The molecule has 6 heteroatoms. The molecular weight excluding hydrogens is 248 g/mol. The zero-order chi connectivity index (χ0) is 13.0. The number of hydrogen-bond donors (Lipinski definition) is 1. The van der Waals surface area contributed by atoms with Crippen LogP contribution < -0.4 is 5.32 Å². The Labute approximate surface area is 109 Å². The molecule has 0 aliphatic heterocycles. The molecule has 5 nitrogen and oxygen atoms in total. The smallest absolute Gasteiger partial charge is 0.229 e. The largest absolute Gasteiger partial charge is 0.300 e. The predicted molar refractivity (Wildman–Crippen MR) is 71.2 cm³/mol. The van der Waals surface area contributed by atoms with Crippen LogP contribution in [-0.2, 0) is 4.79 Å². The van der Waals surface area contributed by atoms with Gasteiger partial charge in [0.05, 0.1) is 0 Å². The second-order valence-corrected chi connectivity index (χ2v) is 4.90. The molecule has 1 unspecified atom stereocenters. The van der Waals surface area contributed by atoms with Gasteiger partial charge in [0.1, 0.15) is 5.69 Å². The van der Waals surface area contributed by atoms with Gasteiger partial charge < -0.3 is 5.32 Å². The summed E-state index contributed by atoms with van der Waals surface area (Å²) >= 11 is 1.33. The van der Waals surface area contributed by atoms with Crippen LogP contribution in [0.1, 0.15) is 20.3 Å². The van der Waals surface area contributed by atoms with Crippen LogP contribution >= 0.6 is 11.3 Å². The highest BCUT2D eigenvalue weighted by molar-refractivity contribution is 7.18. The van der Waals surface area contributed by atoms with Gasteiger partial charge in [-0.3, -0.25) is 9.78 Å². The molecule has 2 aromatic heterocycles. The Bertz CT molecular complexity index is 526. The second-order valence-electron chi connectivity index (χ2n) is 3.93. The number of rotatable bonds is 4. The highest BCUT2D eigenvalue weighted by Crippen LogP contribution is 2.24. The standard InChI is InChI=1S/C12H14N4OS/c1-3-8(2)10(17)14-12-16-15-11(18-12)9-6-4-5-7-13-9/h4-8H,3H2,1-2H3,(H,14,16,17). The van der Waals surface area contributed by atoms with E-state index >= 15 is 0 Å². The van der Waals surface area contributed by atoms with Crippen molar-refractivity contribution in [3.63, 3.8) is 0 Å². The first-order valence-electron chi connectivity index (χ1n) is 5.76. The molecule has 0 fully saturated rings. The summed E-state index contributed by atoms with van der Waals surface area (Å²) in [6.45, 7) is 3.86. The van der Waals surface area contributed by atoms with Gasteiger partial charge >= 0.3 is 0 Å². The molecule has 0 aromatic carbocycles. The number of hydrogen-bond acceptors (Lipinski definition) is 5. The number of amides is 1. The van der Waals surface area contributed by atoms with Crippen LogP contribution in [-0.4, -0.2) is 21.1 Å². The van der Waals surface area contributed by atoms with E-state index in [2.05, 4.69) is 20.5 Å². The predicted octanol–water partition coefficient (Wildman–Crippen LogP) is 2.58. The Hall–Kier alpha value is -1.82. The molecule has 0 aliphatic rings. The molecule has 0 radical (unpaired) electrons. The van der Waals surface area contributed by atoms with Crippen LogP contribution in [0.25, 0.3) is 10.7 Å². The van der Waals surface area contributed by atoms with Gasteiger partial charge in [-0.25, -0.2) is 0 Å². The summed E-state index contributed by atoms with van der Waals surface area (Å²) in [7, 11) is 0. The van der Waals surface area contributed by atoms with Gasteiger partial charge in [-0.2, -0.15) is 0 Å². The Morgan fingerprint density at radius 2 is 2.28 bits per heavy atom. The molecule has 94 valence electrons.